The number of carbonyl (C=O) groups is 1. The molecule has 4 rings (SSSR count). The zero-order chi connectivity index (χ0) is 24.3. The first-order chi connectivity index (χ1) is 16.2. The van der Waals surface area contributed by atoms with Gasteiger partial charge in [-0.3, -0.25) is 9.10 Å². The highest BCUT2D eigenvalue weighted by Gasteiger charge is 2.29. The predicted octanol–water partition coefficient (Wildman–Crippen LogP) is 3.98. The lowest BCUT2D eigenvalue weighted by atomic mass is 10.1. The number of carbonyl (C=O) groups excluding carboxylic acids is 1. The highest BCUT2D eigenvalue weighted by Crippen LogP contribution is 2.34. The summed E-state index contributed by atoms with van der Waals surface area (Å²) in [5, 5.41) is 2.82. The Bertz CT molecular complexity index is 1290. The number of fused-ring (bicyclic) bond motifs is 1. The molecule has 3 aromatic rings. The van der Waals surface area contributed by atoms with Crippen LogP contribution in [0.1, 0.15) is 24.1 Å². The van der Waals surface area contributed by atoms with Crippen LogP contribution in [0, 0.1) is 12.7 Å². The van der Waals surface area contributed by atoms with E-state index in [0.717, 1.165) is 21.5 Å². The van der Waals surface area contributed by atoms with Crippen molar-refractivity contribution in [2.24, 2.45) is 0 Å². The fourth-order valence-corrected chi connectivity index (χ4v) is 5.04. The van der Waals surface area contributed by atoms with Gasteiger partial charge in [-0.05, 0) is 49.7 Å². The van der Waals surface area contributed by atoms with Crippen molar-refractivity contribution in [2.75, 3.05) is 24.1 Å². The number of halogens is 1. The molecular weight excluding hydrogens is 459 g/mol. The third-order valence-corrected chi connectivity index (χ3v) is 7.21. The number of hydrogen-bond donors (Lipinski definition) is 1. The van der Waals surface area contributed by atoms with Crippen LogP contribution in [-0.4, -0.2) is 34.1 Å². The number of nitrogens with zero attached hydrogens (tertiary/aromatic N) is 1. The van der Waals surface area contributed by atoms with Crippen molar-refractivity contribution in [2.45, 2.75) is 24.8 Å². The molecule has 1 unspecified atom stereocenters. The molecule has 1 aliphatic rings. The Morgan fingerprint density at radius 3 is 2.44 bits per heavy atom. The smallest absolute Gasteiger partial charge is 0.264 e. The Kier molecular flexibility index (Phi) is 6.74. The number of hydrogen-bond acceptors (Lipinski definition) is 5. The number of ether oxygens (including phenoxy) is 2. The average Bonchev–Trinajstić information content (AvgIpc) is 2.82. The summed E-state index contributed by atoms with van der Waals surface area (Å²) in [5.74, 6) is -0.414. The van der Waals surface area contributed by atoms with E-state index >= 15 is 0 Å². The average molecular weight is 485 g/mol. The topological polar surface area (TPSA) is 84.9 Å². The van der Waals surface area contributed by atoms with E-state index in [-0.39, 0.29) is 16.6 Å². The van der Waals surface area contributed by atoms with Crippen molar-refractivity contribution in [3.8, 4) is 11.5 Å². The summed E-state index contributed by atoms with van der Waals surface area (Å²) in [6.07, 6.45) is 0. The Morgan fingerprint density at radius 1 is 1.03 bits per heavy atom. The maximum atomic E-state index is 14.0. The quantitative estimate of drug-likeness (QED) is 0.549. The van der Waals surface area contributed by atoms with Gasteiger partial charge in [-0.1, -0.05) is 35.9 Å². The van der Waals surface area contributed by atoms with E-state index in [9.17, 15) is 17.6 Å². The van der Waals surface area contributed by atoms with E-state index in [1.165, 1.54) is 36.4 Å². The second-order valence-corrected chi connectivity index (χ2v) is 9.86. The van der Waals surface area contributed by atoms with Crippen LogP contribution in [0.15, 0.2) is 71.6 Å². The van der Waals surface area contributed by atoms with E-state index in [1.54, 1.807) is 0 Å². The summed E-state index contributed by atoms with van der Waals surface area (Å²) >= 11 is 0. The van der Waals surface area contributed by atoms with Gasteiger partial charge in [0, 0.05) is 6.07 Å². The normalized spacial score (nSPS) is 13.7. The lowest BCUT2D eigenvalue weighted by Gasteiger charge is -2.26. The minimum atomic E-state index is -4.24. The number of nitrogens with one attached hydrogen (secondary N) is 1. The molecule has 0 spiro atoms. The zero-order valence-corrected chi connectivity index (χ0v) is 19.6. The van der Waals surface area contributed by atoms with Crippen molar-refractivity contribution in [3.63, 3.8) is 0 Å². The zero-order valence-electron chi connectivity index (χ0n) is 18.8. The monoisotopic (exact) mass is 484 g/mol. The molecule has 7 nitrogen and oxygen atoms in total. The van der Waals surface area contributed by atoms with E-state index in [2.05, 4.69) is 5.32 Å². The summed E-state index contributed by atoms with van der Waals surface area (Å²) in [6, 6.07) is 16.7. The first kappa shape index (κ1) is 23.6. The highest BCUT2D eigenvalue weighted by molar-refractivity contribution is 7.92. The number of sulfonamides is 1. The van der Waals surface area contributed by atoms with Gasteiger partial charge in [0.15, 0.2) is 11.5 Å². The van der Waals surface area contributed by atoms with Crippen LogP contribution >= 0.6 is 0 Å². The number of amides is 1. The molecule has 3 aromatic carbocycles. The molecule has 1 heterocycles. The second kappa shape index (κ2) is 9.72. The van der Waals surface area contributed by atoms with Gasteiger partial charge in [-0.2, -0.15) is 0 Å². The molecule has 0 fully saturated rings. The van der Waals surface area contributed by atoms with E-state index < -0.39 is 28.3 Å². The molecule has 178 valence electrons. The first-order valence-corrected chi connectivity index (χ1v) is 12.2. The Labute approximate surface area is 198 Å². The van der Waals surface area contributed by atoms with Crippen LogP contribution < -0.4 is 19.1 Å². The molecule has 0 aliphatic carbocycles. The van der Waals surface area contributed by atoms with Gasteiger partial charge < -0.3 is 14.8 Å². The fraction of sp³-hybridized carbons (Fsp3) is 0.240. The largest absolute Gasteiger partial charge is 0.486 e. The predicted molar refractivity (Wildman–Crippen MR) is 126 cm³/mol. The summed E-state index contributed by atoms with van der Waals surface area (Å²) in [4.78, 5) is 12.8. The molecule has 1 atom stereocenters. The van der Waals surface area contributed by atoms with Crippen LogP contribution in [0.2, 0.25) is 0 Å². The van der Waals surface area contributed by atoms with E-state index in [0.29, 0.717) is 24.7 Å². The maximum absolute atomic E-state index is 14.0. The third-order valence-electron chi connectivity index (χ3n) is 5.44. The van der Waals surface area contributed by atoms with Crippen molar-refractivity contribution in [1.29, 1.82) is 0 Å². The van der Waals surface area contributed by atoms with Gasteiger partial charge >= 0.3 is 0 Å². The molecule has 0 radical (unpaired) electrons. The van der Waals surface area contributed by atoms with Gasteiger partial charge in [-0.15, -0.1) is 0 Å². The standard InChI is InChI=1S/C25H25FN2O5S/c1-17-6-8-19(9-7-17)18(2)27-25(29)16-28(21-5-3-4-20(26)14-21)34(30,31)22-10-11-23-24(15-22)33-13-12-32-23/h3-11,14-15,18H,12-13,16H2,1-2H3,(H,27,29). The molecule has 0 bridgehead atoms. The maximum Gasteiger partial charge on any atom is 0.264 e. The van der Waals surface area contributed by atoms with Crippen molar-refractivity contribution >= 4 is 21.6 Å². The molecule has 0 saturated carbocycles. The first-order valence-electron chi connectivity index (χ1n) is 10.8. The van der Waals surface area contributed by atoms with Gasteiger partial charge in [0.1, 0.15) is 25.6 Å². The fourth-order valence-electron chi connectivity index (χ4n) is 3.61. The van der Waals surface area contributed by atoms with Crippen LogP contribution in [0.3, 0.4) is 0 Å². The lowest BCUT2D eigenvalue weighted by molar-refractivity contribution is -0.120. The van der Waals surface area contributed by atoms with Crippen molar-refractivity contribution in [1.82, 2.24) is 5.32 Å². The molecule has 1 amide bonds. The Morgan fingerprint density at radius 2 is 1.74 bits per heavy atom. The van der Waals surface area contributed by atoms with Gasteiger partial charge in [0.2, 0.25) is 5.91 Å². The van der Waals surface area contributed by atoms with E-state index in [4.69, 9.17) is 9.47 Å². The van der Waals surface area contributed by atoms with Crippen LogP contribution in [0.4, 0.5) is 10.1 Å². The van der Waals surface area contributed by atoms with E-state index in [1.807, 2.05) is 38.1 Å². The SMILES string of the molecule is Cc1ccc(C(C)NC(=O)CN(c2cccc(F)c2)S(=O)(=O)c2ccc3c(c2)OCCO3)cc1. The second-order valence-electron chi connectivity index (χ2n) is 8.00. The molecule has 34 heavy (non-hydrogen) atoms. The van der Waals surface area contributed by atoms with Crippen LogP contribution in [-0.2, 0) is 14.8 Å². The molecule has 1 N–H and O–H groups in total. The number of anilines is 1. The number of benzene rings is 3. The minimum Gasteiger partial charge on any atom is -0.486 e. The molecule has 1 aliphatic heterocycles. The number of rotatable bonds is 7. The van der Waals surface area contributed by atoms with Crippen LogP contribution in [0.25, 0.3) is 0 Å². The van der Waals surface area contributed by atoms with Gasteiger partial charge in [0.25, 0.3) is 10.0 Å². The number of aryl methyl sites for hydroxylation is 1. The van der Waals surface area contributed by atoms with Gasteiger partial charge in [-0.25, -0.2) is 12.8 Å². The lowest BCUT2D eigenvalue weighted by Crippen LogP contribution is -2.41. The Hall–Kier alpha value is -3.59. The summed E-state index contributed by atoms with van der Waals surface area (Å²) in [7, 11) is -4.24. The summed E-state index contributed by atoms with van der Waals surface area (Å²) < 4.78 is 53.0. The highest BCUT2D eigenvalue weighted by atomic mass is 32.2. The minimum absolute atomic E-state index is 0.0352. The molecule has 0 saturated heterocycles. The van der Waals surface area contributed by atoms with Gasteiger partial charge in [0.05, 0.1) is 16.6 Å². The third kappa shape index (κ3) is 5.14. The Balaban J connectivity index is 1.63. The van der Waals surface area contributed by atoms with Crippen molar-refractivity contribution in [3.05, 3.63) is 83.7 Å². The summed E-state index contributed by atoms with van der Waals surface area (Å²) in [6.45, 7) is 3.91. The van der Waals surface area contributed by atoms with Crippen molar-refractivity contribution < 1.29 is 27.1 Å². The summed E-state index contributed by atoms with van der Waals surface area (Å²) in [5.41, 5.74) is 2.00. The molecule has 0 aromatic heterocycles. The molecule has 9 heteroatoms. The van der Waals surface area contributed by atoms with Crippen LogP contribution in [0.5, 0.6) is 11.5 Å². The molecular formula is C25H25FN2O5S.